The van der Waals surface area contributed by atoms with Crippen molar-refractivity contribution in [3.8, 4) is 0 Å². The molecule has 5 nitrogen and oxygen atoms in total. The van der Waals surface area contributed by atoms with Crippen LogP contribution in [0.15, 0.2) is 0 Å². The number of nitrogens with one attached hydrogen (secondary N) is 1. The highest BCUT2D eigenvalue weighted by molar-refractivity contribution is 7.89. The van der Waals surface area contributed by atoms with E-state index in [1.165, 1.54) is 6.42 Å². The van der Waals surface area contributed by atoms with E-state index in [9.17, 15) is 8.42 Å². The molecule has 1 unspecified atom stereocenters. The molecule has 100 valence electrons. The molecule has 6 heteroatoms. The Labute approximate surface area is 104 Å². The van der Waals surface area contributed by atoms with Crippen LogP contribution in [0.1, 0.15) is 12.8 Å². The van der Waals surface area contributed by atoms with Crippen LogP contribution in [-0.2, 0) is 10.0 Å². The third kappa shape index (κ3) is 3.64. The standard InChI is InChI=1S/C11H23N3O2S/c1-13-6-2-3-11(9-13)10-14-7-4-12-5-8-17(14,15)16/h11-12H,2-10H2,1H3. The highest BCUT2D eigenvalue weighted by Gasteiger charge is 2.28. The van der Waals surface area contributed by atoms with E-state index in [1.54, 1.807) is 4.31 Å². The zero-order valence-corrected chi connectivity index (χ0v) is 11.4. The summed E-state index contributed by atoms with van der Waals surface area (Å²) in [5.74, 6) is 0.747. The Bertz CT molecular complexity index is 345. The Hall–Kier alpha value is -0.170. The molecule has 0 aromatic carbocycles. The summed E-state index contributed by atoms with van der Waals surface area (Å²) in [4.78, 5) is 2.30. The fourth-order valence-corrected chi connectivity index (χ4v) is 4.18. The minimum Gasteiger partial charge on any atom is -0.314 e. The number of likely N-dealkylation sites (tertiary alicyclic amines) is 1. The van der Waals surface area contributed by atoms with Crippen LogP contribution in [-0.4, -0.2) is 69.7 Å². The molecule has 0 aromatic rings. The molecular weight excluding hydrogens is 238 g/mol. The second-order valence-electron chi connectivity index (χ2n) is 5.19. The first-order valence-electron chi connectivity index (χ1n) is 6.45. The number of piperidine rings is 1. The molecule has 1 atom stereocenters. The molecule has 0 aromatic heterocycles. The predicted molar refractivity (Wildman–Crippen MR) is 68.5 cm³/mol. The monoisotopic (exact) mass is 261 g/mol. The van der Waals surface area contributed by atoms with Gasteiger partial charge in [0.15, 0.2) is 0 Å². The molecule has 0 amide bonds. The SMILES string of the molecule is CN1CCCC(CN2CCNCCS2(=O)=O)C1. The van der Waals surface area contributed by atoms with Crippen molar-refractivity contribution in [2.45, 2.75) is 12.8 Å². The van der Waals surface area contributed by atoms with Crippen molar-refractivity contribution in [3.05, 3.63) is 0 Å². The fourth-order valence-electron chi connectivity index (χ4n) is 2.71. The van der Waals surface area contributed by atoms with E-state index in [1.807, 2.05) is 0 Å². The van der Waals surface area contributed by atoms with Gasteiger partial charge in [-0.1, -0.05) is 0 Å². The molecule has 0 radical (unpaired) electrons. The van der Waals surface area contributed by atoms with E-state index < -0.39 is 10.0 Å². The summed E-state index contributed by atoms with van der Waals surface area (Å²) in [5, 5.41) is 3.15. The lowest BCUT2D eigenvalue weighted by Crippen LogP contribution is -2.42. The summed E-state index contributed by atoms with van der Waals surface area (Å²) in [6.07, 6.45) is 2.34. The van der Waals surface area contributed by atoms with Crippen molar-refractivity contribution in [2.75, 3.05) is 52.1 Å². The maximum absolute atomic E-state index is 12.0. The van der Waals surface area contributed by atoms with Crippen molar-refractivity contribution in [1.29, 1.82) is 0 Å². The predicted octanol–water partition coefficient (Wildman–Crippen LogP) is -0.437. The van der Waals surface area contributed by atoms with E-state index in [0.717, 1.165) is 26.1 Å². The normalized spacial score (nSPS) is 32.2. The third-order valence-corrected chi connectivity index (χ3v) is 5.49. The van der Waals surface area contributed by atoms with Crippen molar-refractivity contribution in [1.82, 2.24) is 14.5 Å². The lowest BCUT2D eigenvalue weighted by molar-refractivity contribution is 0.186. The summed E-state index contributed by atoms with van der Waals surface area (Å²) in [7, 11) is -0.909. The zero-order valence-electron chi connectivity index (χ0n) is 10.6. The topological polar surface area (TPSA) is 52.6 Å². The summed E-state index contributed by atoms with van der Waals surface area (Å²) in [5.41, 5.74) is 0. The first-order valence-corrected chi connectivity index (χ1v) is 8.06. The molecule has 17 heavy (non-hydrogen) atoms. The van der Waals surface area contributed by atoms with Gasteiger partial charge in [0.05, 0.1) is 5.75 Å². The molecule has 2 heterocycles. The highest BCUT2D eigenvalue weighted by Crippen LogP contribution is 2.18. The van der Waals surface area contributed by atoms with E-state index in [2.05, 4.69) is 17.3 Å². The smallest absolute Gasteiger partial charge is 0.215 e. The van der Waals surface area contributed by atoms with Crippen molar-refractivity contribution < 1.29 is 8.42 Å². The summed E-state index contributed by atoms with van der Waals surface area (Å²) < 4.78 is 25.7. The molecule has 2 saturated heterocycles. The van der Waals surface area contributed by atoms with Crippen LogP contribution < -0.4 is 5.32 Å². The van der Waals surface area contributed by atoms with Crippen LogP contribution >= 0.6 is 0 Å². The largest absolute Gasteiger partial charge is 0.314 e. The van der Waals surface area contributed by atoms with Gasteiger partial charge in [0.2, 0.25) is 10.0 Å². The van der Waals surface area contributed by atoms with Crippen molar-refractivity contribution in [2.24, 2.45) is 5.92 Å². The zero-order chi connectivity index (χ0) is 12.3. The van der Waals surface area contributed by atoms with Gasteiger partial charge in [0, 0.05) is 32.7 Å². The highest BCUT2D eigenvalue weighted by atomic mass is 32.2. The van der Waals surface area contributed by atoms with Gasteiger partial charge in [-0.2, -0.15) is 0 Å². The third-order valence-electron chi connectivity index (χ3n) is 3.65. The average molecular weight is 261 g/mol. The minimum absolute atomic E-state index is 0.246. The van der Waals surface area contributed by atoms with Gasteiger partial charge in [-0.15, -0.1) is 0 Å². The molecule has 2 aliphatic heterocycles. The Morgan fingerprint density at radius 3 is 2.88 bits per heavy atom. The lowest BCUT2D eigenvalue weighted by atomic mass is 9.98. The maximum Gasteiger partial charge on any atom is 0.215 e. The van der Waals surface area contributed by atoms with E-state index in [0.29, 0.717) is 25.6 Å². The molecule has 0 saturated carbocycles. The molecule has 0 aliphatic carbocycles. The first-order chi connectivity index (χ1) is 8.08. The van der Waals surface area contributed by atoms with Gasteiger partial charge in [-0.25, -0.2) is 12.7 Å². The number of rotatable bonds is 2. The van der Waals surface area contributed by atoms with Gasteiger partial charge < -0.3 is 10.2 Å². The summed E-state index contributed by atoms with van der Waals surface area (Å²) >= 11 is 0. The van der Waals surface area contributed by atoms with Crippen LogP contribution in [0.4, 0.5) is 0 Å². The molecule has 2 rings (SSSR count). The summed E-state index contributed by atoms with van der Waals surface area (Å²) in [6, 6.07) is 0. The number of hydrogen-bond acceptors (Lipinski definition) is 4. The van der Waals surface area contributed by atoms with E-state index in [-0.39, 0.29) is 5.75 Å². The number of hydrogen-bond donors (Lipinski definition) is 1. The Morgan fingerprint density at radius 2 is 2.12 bits per heavy atom. The van der Waals surface area contributed by atoms with Gasteiger partial charge in [0.1, 0.15) is 0 Å². The van der Waals surface area contributed by atoms with Crippen LogP contribution in [0, 0.1) is 5.92 Å². The fraction of sp³-hybridized carbons (Fsp3) is 1.00. The molecule has 0 spiro atoms. The lowest BCUT2D eigenvalue weighted by Gasteiger charge is -2.32. The summed E-state index contributed by atoms with van der Waals surface area (Å²) in [6.45, 7) is 4.87. The van der Waals surface area contributed by atoms with Crippen LogP contribution in [0.2, 0.25) is 0 Å². The minimum atomic E-state index is -3.02. The second kappa shape index (κ2) is 5.65. The Morgan fingerprint density at radius 1 is 1.29 bits per heavy atom. The van der Waals surface area contributed by atoms with Crippen molar-refractivity contribution in [3.63, 3.8) is 0 Å². The van der Waals surface area contributed by atoms with Crippen LogP contribution in [0.25, 0.3) is 0 Å². The Kier molecular flexibility index (Phi) is 4.41. The first kappa shape index (κ1) is 13.3. The molecule has 2 fully saturated rings. The van der Waals surface area contributed by atoms with Gasteiger partial charge in [-0.3, -0.25) is 0 Å². The van der Waals surface area contributed by atoms with Gasteiger partial charge in [-0.05, 0) is 32.4 Å². The number of sulfonamides is 1. The van der Waals surface area contributed by atoms with Crippen molar-refractivity contribution >= 4 is 10.0 Å². The molecule has 2 aliphatic rings. The second-order valence-corrected chi connectivity index (χ2v) is 7.28. The molecular formula is C11H23N3O2S. The van der Waals surface area contributed by atoms with Gasteiger partial charge in [0.25, 0.3) is 0 Å². The maximum atomic E-state index is 12.0. The van der Waals surface area contributed by atoms with E-state index >= 15 is 0 Å². The van der Waals surface area contributed by atoms with E-state index in [4.69, 9.17) is 0 Å². The van der Waals surface area contributed by atoms with Crippen LogP contribution in [0.3, 0.4) is 0 Å². The van der Waals surface area contributed by atoms with Gasteiger partial charge >= 0.3 is 0 Å². The number of nitrogens with zero attached hydrogens (tertiary/aromatic N) is 2. The quantitative estimate of drug-likeness (QED) is 0.732. The molecule has 1 N–H and O–H groups in total. The van der Waals surface area contributed by atoms with Crippen LogP contribution in [0.5, 0.6) is 0 Å². The average Bonchev–Trinajstić information content (AvgIpc) is 2.41. The Balaban J connectivity index is 1.96. The molecule has 0 bridgehead atoms.